The maximum absolute atomic E-state index is 4.73. The number of aliphatic imine (C=N–C) groups is 1. The Kier molecular flexibility index (Phi) is 4.29. The van der Waals surface area contributed by atoms with Crippen molar-refractivity contribution in [1.82, 2.24) is 10.6 Å². The van der Waals surface area contributed by atoms with E-state index in [1.165, 1.54) is 51.4 Å². The van der Waals surface area contributed by atoms with Crippen molar-refractivity contribution >= 4 is 5.96 Å². The zero-order chi connectivity index (χ0) is 13.1. The van der Waals surface area contributed by atoms with Gasteiger partial charge in [-0.1, -0.05) is 32.1 Å². The summed E-state index contributed by atoms with van der Waals surface area (Å²) < 4.78 is 0. The van der Waals surface area contributed by atoms with Crippen LogP contribution >= 0.6 is 0 Å². The van der Waals surface area contributed by atoms with Crippen molar-refractivity contribution < 1.29 is 0 Å². The van der Waals surface area contributed by atoms with E-state index in [0.29, 0.717) is 6.04 Å². The fourth-order valence-electron chi connectivity index (χ4n) is 3.48. The minimum absolute atomic E-state index is 0.708. The molecule has 2 unspecified atom stereocenters. The van der Waals surface area contributed by atoms with Crippen LogP contribution in [0.2, 0.25) is 0 Å². The third-order valence-electron chi connectivity index (χ3n) is 4.97. The zero-order valence-corrected chi connectivity index (χ0v) is 12.3. The second-order valence-electron chi connectivity index (χ2n) is 6.71. The average molecular weight is 263 g/mol. The van der Waals surface area contributed by atoms with Gasteiger partial charge >= 0.3 is 0 Å². The summed E-state index contributed by atoms with van der Waals surface area (Å²) in [6.07, 6.45) is 11.5. The molecule has 0 amide bonds. The quantitative estimate of drug-likeness (QED) is 0.591. The van der Waals surface area contributed by atoms with Crippen molar-refractivity contribution in [1.29, 1.82) is 0 Å². The predicted molar refractivity (Wildman–Crippen MR) is 80.3 cm³/mol. The monoisotopic (exact) mass is 263 g/mol. The minimum Gasteiger partial charge on any atom is -0.357 e. The van der Waals surface area contributed by atoms with Crippen LogP contribution in [0.5, 0.6) is 0 Å². The topological polar surface area (TPSA) is 36.4 Å². The molecule has 3 saturated carbocycles. The first-order valence-corrected chi connectivity index (χ1v) is 8.41. The van der Waals surface area contributed by atoms with Crippen LogP contribution in [0.3, 0.4) is 0 Å². The molecule has 3 heteroatoms. The van der Waals surface area contributed by atoms with Gasteiger partial charge in [-0.2, -0.15) is 0 Å². The fourth-order valence-corrected chi connectivity index (χ4v) is 3.48. The smallest absolute Gasteiger partial charge is 0.191 e. The highest BCUT2D eigenvalue weighted by Crippen LogP contribution is 2.44. The molecule has 3 aliphatic rings. The molecule has 0 heterocycles. The molecule has 3 rings (SSSR count). The Hall–Kier alpha value is -0.730. The molecule has 2 atom stereocenters. The van der Waals surface area contributed by atoms with Crippen molar-refractivity contribution in [2.24, 2.45) is 22.7 Å². The maximum Gasteiger partial charge on any atom is 0.191 e. The number of nitrogens with one attached hydrogen (secondary N) is 2. The normalized spacial score (nSPS) is 32.2. The van der Waals surface area contributed by atoms with E-state index in [0.717, 1.165) is 36.8 Å². The lowest BCUT2D eigenvalue weighted by molar-refractivity contribution is 0.315. The van der Waals surface area contributed by atoms with Crippen LogP contribution in [0.25, 0.3) is 0 Å². The number of guanidine groups is 1. The SMILES string of the molecule is CCNC(=NCC1CC1)NC1CC1C1CCCCC1. The Balaban J connectivity index is 1.44. The molecule has 0 aliphatic heterocycles. The van der Waals surface area contributed by atoms with E-state index in [-0.39, 0.29) is 0 Å². The van der Waals surface area contributed by atoms with Gasteiger partial charge in [0.2, 0.25) is 0 Å². The van der Waals surface area contributed by atoms with Crippen LogP contribution < -0.4 is 10.6 Å². The molecule has 0 bridgehead atoms. The molecule has 0 aromatic rings. The molecule has 0 radical (unpaired) electrons. The lowest BCUT2D eigenvalue weighted by Gasteiger charge is -2.22. The molecule has 19 heavy (non-hydrogen) atoms. The zero-order valence-electron chi connectivity index (χ0n) is 12.3. The van der Waals surface area contributed by atoms with Crippen LogP contribution in [0.4, 0.5) is 0 Å². The van der Waals surface area contributed by atoms with E-state index in [1.54, 1.807) is 0 Å². The fraction of sp³-hybridized carbons (Fsp3) is 0.938. The molecule has 3 nitrogen and oxygen atoms in total. The molecule has 2 N–H and O–H groups in total. The Morgan fingerprint density at radius 3 is 2.58 bits per heavy atom. The van der Waals surface area contributed by atoms with Gasteiger partial charge in [-0.05, 0) is 43.9 Å². The van der Waals surface area contributed by atoms with Crippen molar-refractivity contribution in [3.8, 4) is 0 Å². The summed E-state index contributed by atoms with van der Waals surface area (Å²) in [5.41, 5.74) is 0. The van der Waals surface area contributed by atoms with E-state index in [2.05, 4.69) is 17.6 Å². The van der Waals surface area contributed by atoms with E-state index in [4.69, 9.17) is 4.99 Å². The van der Waals surface area contributed by atoms with Gasteiger partial charge in [0, 0.05) is 19.1 Å². The predicted octanol–water partition coefficient (Wildman–Crippen LogP) is 2.92. The summed E-state index contributed by atoms with van der Waals surface area (Å²) in [5, 5.41) is 7.06. The first kappa shape index (κ1) is 13.3. The summed E-state index contributed by atoms with van der Waals surface area (Å²) >= 11 is 0. The standard InChI is InChI=1S/C16H29N3/c1-2-17-16(18-11-12-8-9-12)19-15-10-14(15)13-6-4-3-5-7-13/h12-15H,2-11H2,1H3,(H2,17,18,19). The molecule has 0 saturated heterocycles. The molecule has 108 valence electrons. The van der Waals surface area contributed by atoms with Crippen molar-refractivity contribution in [3.05, 3.63) is 0 Å². The number of hydrogen-bond donors (Lipinski definition) is 2. The van der Waals surface area contributed by atoms with Gasteiger partial charge in [0.15, 0.2) is 5.96 Å². The highest BCUT2D eigenvalue weighted by Gasteiger charge is 2.43. The van der Waals surface area contributed by atoms with Crippen LogP contribution in [0.15, 0.2) is 4.99 Å². The summed E-state index contributed by atoms with van der Waals surface area (Å²) in [6.45, 7) is 4.15. The van der Waals surface area contributed by atoms with Crippen LogP contribution in [-0.2, 0) is 0 Å². The summed E-state index contributed by atoms with van der Waals surface area (Å²) in [7, 11) is 0. The van der Waals surface area contributed by atoms with E-state index in [1.807, 2.05) is 0 Å². The first-order valence-electron chi connectivity index (χ1n) is 8.41. The first-order chi connectivity index (χ1) is 9.36. The molecular weight excluding hydrogens is 234 g/mol. The second kappa shape index (κ2) is 6.15. The summed E-state index contributed by atoms with van der Waals surface area (Å²) in [6, 6.07) is 0.708. The lowest BCUT2D eigenvalue weighted by Crippen LogP contribution is -2.39. The van der Waals surface area contributed by atoms with Gasteiger partial charge in [-0.15, -0.1) is 0 Å². The molecule has 0 aromatic heterocycles. The Bertz CT molecular complexity index is 316. The van der Waals surface area contributed by atoms with Gasteiger partial charge in [0.25, 0.3) is 0 Å². The third kappa shape index (κ3) is 3.87. The maximum atomic E-state index is 4.73. The van der Waals surface area contributed by atoms with Crippen molar-refractivity contribution in [2.45, 2.75) is 64.3 Å². The van der Waals surface area contributed by atoms with Gasteiger partial charge in [0.1, 0.15) is 0 Å². The van der Waals surface area contributed by atoms with Crippen LogP contribution in [0.1, 0.15) is 58.3 Å². The Morgan fingerprint density at radius 2 is 1.89 bits per heavy atom. The Morgan fingerprint density at radius 1 is 1.11 bits per heavy atom. The van der Waals surface area contributed by atoms with Gasteiger partial charge in [-0.25, -0.2) is 0 Å². The molecule has 3 fully saturated rings. The second-order valence-corrected chi connectivity index (χ2v) is 6.71. The highest BCUT2D eigenvalue weighted by atomic mass is 15.2. The largest absolute Gasteiger partial charge is 0.357 e. The number of rotatable bonds is 5. The molecule has 0 spiro atoms. The van der Waals surface area contributed by atoms with Crippen LogP contribution in [0, 0.1) is 17.8 Å². The van der Waals surface area contributed by atoms with E-state index < -0.39 is 0 Å². The minimum atomic E-state index is 0.708. The summed E-state index contributed by atoms with van der Waals surface area (Å²) in [4.78, 5) is 4.73. The van der Waals surface area contributed by atoms with Gasteiger partial charge < -0.3 is 10.6 Å². The average Bonchev–Trinajstić information content (AvgIpc) is 3.33. The van der Waals surface area contributed by atoms with E-state index >= 15 is 0 Å². The third-order valence-corrected chi connectivity index (χ3v) is 4.97. The van der Waals surface area contributed by atoms with Crippen molar-refractivity contribution in [3.63, 3.8) is 0 Å². The van der Waals surface area contributed by atoms with E-state index in [9.17, 15) is 0 Å². The number of nitrogens with zero attached hydrogens (tertiary/aromatic N) is 1. The summed E-state index contributed by atoms with van der Waals surface area (Å²) in [5.74, 6) is 3.88. The lowest BCUT2D eigenvalue weighted by atomic mass is 9.85. The highest BCUT2D eigenvalue weighted by molar-refractivity contribution is 5.80. The van der Waals surface area contributed by atoms with Gasteiger partial charge in [-0.3, -0.25) is 4.99 Å². The van der Waals surface area contributed by atoms with Gasteiger partial charge in [0.05, 0.1) is 0 Å². The molecule has 0 aromatic carbocycles. The van der Waals surface area contributed by atoms with Crippen molar-refractivity contribution in [2.75, 3.05) is 13.1 Å². The molecule has 3 aliphatic carbocycles. The number of hydrogen-bond acceptors (Lipinski definition) is 1. The van der Waals surface area contributed by atoms with Crippen LogP contribution in [-0.4, -0.2) is 25.1 Å². The molecular formula is C16H29N3. The Labute approximate surface area is 117 Å².